The van der Waals surface area contributed by atoms with Gasteiger partial charge in [0, 0.05) is 17.1 Å². The van der Waals surface area contributed by atoms with E-state index in [2.05, 4.69) is 0 Å². The highest BCUT2D eigenvalue weighted by atomic mass is 35.5. The van der Waals surface area contributed by atoms with Crippen molar-refractivity contribution in [1.82, 2.24) is 0 Å². The first kappa shape index (κ1) is 11.6. The van der Waals surface area contributed by atoms with E-state index in [1.54, 1.807) is 19.2 Å². The van der Waals surface area contributed by atoms with Crippen LogP contribution in [0.4, 0.5) is 0 Å². The molecule has 1 rings (SSSR count). The van der Waals surface area contributed by atoms with Crippen molar-refractivity contribution in [3.63, 3.8) is 0 Å². The molecule has 0 heterocycles. The molecule has 0 unspecified atom stereocenters. The number of benzene rings is 1. The van der Waals surface area contributed by atoms with Crippen LogP contribution < -0.4 is 10.5 Å². The van der Waals surface area contributed by atoms with E-state index in [0.717, 1.165) is 11.3 Å². The molecule has 0 fully saturated rings. The fraction of sp³-hybridized carbons (Fsp3) is 0.250. The molecule has 12 heavy (non-hydrogen) atoms. The Bertz CT molecular complexity index is 253. The molecular formula is C8H11Cl2NO. The monoisotopic (exact) mass is 207 g/mol. The normalized spacial score (nSPS) is 8.92. The molecule has 0 aromatic heterocycles. The maximum absolute atomic E-state index is 5.73. The van der Waals surface area contributed by atoms with Crippen molar-refractivity contribution < 1.29 is 4.74 Å². The maximum Gasteiger partial charge on any atom is 0.124 e. The zero-order valence-corrected chi connectivity index (χ0v) is 8.28. The number of methoxy groups -OCH3 is 1. The third-order valence-electron chi connectivity index (χ3n) is 1.47. The maximum atomic E-state index is 5.73. The molecule has 0 aliphatic carbocycles. The molecule has 0 aliphatic rings. The average Bonchev–Trinajstić information content (AvgIpc) is 2.04. The van der Waals surface area contributed by atoms with Crippen molar-refractivity contribution in [3.05, 3.63) is 28.8 Å². The standard InChI is InChI=1S/C8H10ClNO.ClH/c1-11-8-4-7(9)3-2-6(8)5-10;/h2-4H,5,10H2,1H3;1H. The molecule has 2 nitrogen and oxygen atoms in total. The second-order valence-corrected chi connectivity index (χ2v) is 2.60. The van der Waals surface area contributed by atoms with Crippen LogP contribution in [-0.4, -0.2) is 7.11 Å². The highest BCUT2D eigenvalue weighted by Crippen LogP contribution is 2.22. The summed E-state index contributed by atoms with van der Waals surface area (Å²) in [6.07, 6.45) is 0. The molecular weight excluding hydrogens is 197 g/mol. The van der Waals surface area contributed by atoms with Crippen LogP contribution in [0.3, 0.4) is 0 Å². The number of nitrogens with two attached hydrogens (primary N) is 1. The lowest BCUT2D eigenvalue weighted by molar-refractivity contribution is 0.410. The van der Waals surface area contributed by atoms with Crippen molar-refractivity contribution in [3.8, 4) is 5.75 Å². The zero-order chi connectivity index (χ0) is 8.27. The van der Waals surface area contributed by atoms with Gasteiger partial charge in [0.25, 0.3) is 0 Å². The largest absolute Gasteiger partial charge is 0.496 e. The lowest BCUT2D eigenvalue weighted by atomic mass is 10.2. The van der Waals surface area contributed by atoms with Crippen LogP contribution in [0.5, 0.6) is 5.75 Å². The minimum absolute atomic E-state index is 0. The molecule has 0 atom stereocenters. The Kier molecular flexibility index (Phi) is 5.06. The summed E-state index contributed by atoms with van der Waals surface area (Å²) in [6.45, 7) is 0.473. The predicted octanol–water partition coefficient (Wildman–Crippen LogP) is 2.23. The molecule has 1 aromatic rings. The number of ether oxygens (including phenoxy) is 1. The van der Waals surface area contributed by atoms with Crippen LogP contribution in [0.25, 0.3) is 0 Å². The summed E-state index contributed by atoms with van der Waals surface area (Å²) < 4.78 is 5.05. The quantitative estimate of drug-likeness (QED) is 0.808. The smallest absolute Gasteiger partial charge is 0.124 e. The summed E-state index contributed by atoms with van der Waals surface area (Å²) in [5.41, 5.74) is 6.42. The molecule has 0 saturated carbocycles. The van der Waals surface area contributed by atoms with Gasteiger partial charge >= 0.3 is 0 Å². The highest BCUT2D eigenvalue weighted by Gasteiger charge is 2.00. The molecule has 1 aromatic carbocycles. The van der Waals surface area contributed by atoms with Crippen LogP contribution in [0.15, 0.2) is 18.2 Å². The van der Waals surface area contributed by atoms with Crippen LogP contribution >= 0.6 is 24.0 Å². The van der Waals surface area contributed by atoms with Gasteiger partial charge in [0.15, 0.2) is 0 Å². The first-order valence-electron chi connectivity index (χ1n) is 3.30. The molecule has 68 valence electrons. The Morgan fingerprint density at radius 2 is 2.17 bits per heavy atom. The van der Waals surface area contributed by atoms with E-state index in [4.69, 9.17) is 22.1 Å². The van der Waals surface area contributed by atoms with E-state index in [1.165, 1.54) is 0 Å². The highest BCUT2D eigenvalue weighted by molar-refractivity contribution is 6.30. The summed E-state index contributed by atoms with van der Waals surface area (Å²) in [5.74, 6) is 0.750. The van der Waals surface area contributed by atoms with Crippen LogP contribution in [0.2, 0.25) is 5.02 Å². The van der Waals surface area contributed by atoms with E-state index >= 15 is 0 Å². The van der Waals surface area contributed by atoms with E-state index in [9.17, 15) is 0 Å². The third-order valence-corrected chi connectivity index (χ3v) is 1.70. The summed E-state index contributed by atoms with van der Waals surface area (Å²) in [6, 6.07) is 5.41. The Morgan fingerprint density at radius 1 is 1.50 bits per heavy atom. The lowest BCUT2D eigenvalue weighted by Gasteiger charge is -2.05. The van der Waals surface area contributed by atoms with Gasteiger partial charge in [0.2, 0.25) is 0 Å². The Labute approximate surface area is 83.1 Å². The minimum Gasteiger partial charge on any atom is -0.496 e. The number of hydrogen-bond donors (Lipinski definition) is 1. The minimum atomic E-state index is 0. The van der Waals surface area contributed by atoms with Crippen molar-refractivity contribution in [2.45, 2.75) is 6.54 Å². The topological polar surface area (TPSA) is 35.2 Å². The molecule has 0 radical (unpaired) electrons. The van der Waals surface area contributed by atoms with Gasteiger partial charge in [-0.25, -0.2) is 0 Å². The van der Waals surface area contributed by atoms with E-state index in [0.29, 0.717) is 11.6 Å². The van der Waals surface area contributed by atoms with Crippen molar-refractivity contribution in [2.75, 3.05) is 7.11 Å². The number of hydrogen-bond acceptors (Lipinski definition) is 2. The molecule has 4 heteroatoms. The number of rotatable bonds is 2. The molecule has 0 aliphatic heterocycles. The van der Waals surface area contributed by atoms with Gasteiger partial charge in [-0.05, 0) is 12.1 Å². The van der Waals surface area contributed by atoms with Crippen molar-refractivity contribution in [1.29, 1.82) is 0 Å². The molecule has 2 N–H and O–H groups in total. The Balaban J connectivity index is 0.00000121. The van der Waals surface area contributed by atoms with Crippen molar-refractivity contribution in [2.24, 2.45) is 5.73 Å². The third kappa shape index (κ3) is 2.55. The van der Waals surface area contributed by atoms with Gasteiger partial charge in [-0.3, -0.25) is 0 Å². The average molecular weight is 208 g/mol. The predicted molar refractivity (Wildman–Crippen MR) is 53.1 cm³/mol. The Morgan fingerprint density at radius 3 is 2.67 bits per heavy atom. The summed E-state index contributed by atoms with van der Waals surface area (Å²) in [5, 5.41) is 0.666. The SMILES string of the molecule is COc1cc(Cl)ccc1CN.Cl. The van der Waals surface area contributed by atoms with Gasteiger partial charge < -0.3 is 10.5 Å². The molecule has 0 spiro atoms. The lowest BCUT2D eigenvalue weighted by Crippen LogP contribution is -1.99. The second kappa shape index (κ2) is 5.25. The first-order chi connectivity index (χ1) is 5.27. The molecule has 0 amide bonds. The van der Waals surface area contributed by atoms with Gasteiger partial charge in [0.05, 0.1) is 7.11 Å². The van der Waals surface area contributed by atoms with Crippen LogP contribution in [0.1, 0.15) is 5.56 Å². The molecule has 0 saturated heterocycles. The molecule has 0 bridgehead atoms. The van der Waals surface area contributed by atoms with Gasteiger partial charge in [-0.1, -0.05) is 17.7 Å². The van der Waals surface area contributed by atoms with Crippen LogP contribution in [0, 0.1) is 0 Å². The fourth-order valence-electron chi connectivity index (χ4n) is 0.887. The van der Waals surface area contributed by atoms with Crippen LogP contribution in [-0.2, 0) is 6.54 Å². The Hall–Kier alpha value is -0.440. The van der Waals surface area contributed by atoms with E-state index < -0.39 is 0 Å². The van der Waals surface area contributed by atoms with E-state index in [1.807, 2.05) is 6.07 Å². The zero-order valence-electron chi connectivity index (χ0n) is 6.71. The summed E-state index contributed by atoms with van der Waals surface area (Å²) in [4.78, 5) is 0. The number of halogens is 2. The van der Waals surface area contributed by atoms with Gasteiger partial charge in [-0.2, -0.15) is 0 Å². The van der Waals surface area contributed by atoms with E-state index in [-0.39, 0.29) is 12.4 Å². The van der Waals surface area contributed by atoms with Crippen molar-refractivity contribution >= 4 is 24.0 Å². The summed E-state index contributed by atoms with van der Waals surface area (Å²) in [7, 11) is 1.60. The van der Waals surface area contributed by atoms with Gasteiger partial charge in [-0.15, -0.1) is 12.4 Å². The van der Waals surface area contributed by atoms with Gasteiger partial charge in [0.1, 0.15) is 5.75 Å². The fourth-order valence-corrected chi connectivity index (χ4v) is 1.05. The summed E-state index contributed by atoms with van der Waals surface area (Å²) >= 11 is 5.73. The second-order valence-electron chi connectivity index (χ2n) is 2.16. The first-order valence-corrected chi connectivity index (χ1v) is 3.68.